The van der Waals surface area contributed by atoms with Crippen LogP contribution in [0.3, 0.4) is 0 Å². The average Bonchev–Trinajstić information content (AvgIpc) is 3.19. The van der Waals surface area contributed by atoms with E-state index in [4.69, 9.17) is 16.3 Å². The van der Waals surface area contributed by atoms with E-state index in [9.17, 15) is 13.2 Å². The molecule has 1 amide bonds. The van der Waals surface area contributed by atoms with Gasteiger partial charge in [-0.1, -0.05) is 29.8 Å². The second-order valence-electron chi connectivity index (χ2n) is 7.13. The number of rotatable bonds is 5. The molecule has 0 N–H and O–H groups in total. The molecule has 29 heavy (non-hydrogen) atoms. The van der Waals surface area contributed by atoms with Crippen LogP contribution in [0.1, 0.15) is 22.1 Å². The Hall–Kier alpha value is -2.35. The molecular formula is C21H21ClN2O4S. The fraction of sp³-hybridized carbons (Fsp3) is 0.286. The second kappa shape index (κ2) is 7.48. The number of hydrogen-bond acceptors (Lipinski definition) is 4. The van der Waals surface area contributed by atoms with Crippen LogP contribution in [0.5, 0.6) is 0 Å². The molecule has 4 rings (SSSR count). The van der Waals surface area contributed by atoms with Crippen molar-refractivity contribution >= 4 is 38.2 Å². The van der Waals surface area contributed by atoms with Gasteiger partial charge in [-0.25, -0.2) is 8.42 Å². The molecule has 8 heteroatoms. The predicted octanol–water partition coefficient (Wildman–Crippen LogP) is 3.54. The lowest BCUT2D eigenvalue weighted by Crippen LogP contribution is -2.33. The highest BCUT2D eigenvalue weighted by atomic mass is 35.5. The van der Waals surface area contributed by atoms with Crippen molar-refractivity contribution in [3.63, 3.8) is 0 Å². The van der Waals surface area contributed by atoms with Crippen LogP contribution < -0.4 is 0 Å². The van der Waals surface area contributed by atoms with E-state index in [0.717, 1.165) is 10.9 Å². The van der Waals surface area contributed by atoms with Crippen LogP contribution >= 0.6 is 11.6 Å². The molecule has 2 heterocycles. The van der Waals surface area contributed by atoms with Crippen LogP contribution in [-0.4, -0.2) is 50.3 Å². The van der Waals surface area contributed by atoms with Gasteiger partial charge in [-0.2, -0.15) is 0 Å². The van der Waals surface area contributed by atoms with E-state index in [0.29, 0.717) is 29.4 Å². The normalized spacial score (nSPS) is 17.4. The first-order chi connectivity index (χ1) is 13.8. The summed E-state index contributed by atoms with van der Waals surface area (Å²) in [7, 11) is -0.210. The summed E-state index contributed by atoms with van der Waals surface area (Å²) in [6.45, 7) is 0.975. The quantitative estimate of drug-likeness (QED) is 0.618. The van der Waals surface area contributed by atoms with Crippen molar-refractivity contribution in [3.8, 4) is 0 Å². The first-order valence-electron chi connectivity index (χ1n) is 9.20. The minimum atomic E-state index is -3.46. The predicted molar refractivity (Wildman–Crippen MR) is 112 cm³/mol. The molecule has 0 unspecified atom stereocenters. The number of fused-ring (bicyclic) bond motifs is 2. The van der Waals surface area contributed by atoms with Crippen molar-refractivity contribution in [2.75, 3.05) is 26.5 Å². The number of ether oxygens (including phenoxy) is 1. The van der Waals surface area contributed by atoms with E-state index >= 15 is 0 Å². The van der Waals surface area contributed by atoms with Gasteiger partial charge in [0.25, 0.3) is 5.91 Å². The highest BCUT2D eigenvalue weighted by Gasteiger charge is 2.39. The van der Waals surface area contributed by atoms with Crippen molar-refractivity contribution in [2.24, 2.45) is 0 Å². The molecule has 1 aliphatic heterocycles. The fourth-order valence-electron chi connectivity index (χ4n) is 3.90. The van der Waals surface area contributed by atoms with Gasteiger partial charge in [0, 0.05) is 36.6 Å². The Kier molecular flexibility index (Phi) is 5.14. The molecule has 2 aromatic carbocycles. The maximum Gasteiger partial charge on any atom is 0.270 e. The highest BCUT2D eigenvalue weighted by molar-refractivity contribution is 7.91. The Morgan fingerprint density at radius 1 is 1.24 bits per heavy atom. The molecule has 0 fully saturated rings. The third-order valence-electron chi connectivity index (χ3n) is 5.38. The zero-order valence-electron chi connectivity index (χ0n) is 16.1. The van der Waals surface area contributed by atoms with E-state index in [1.807, 2.05) is 34.9 Å². The number of sulfone groups is 1. The van der Waals surface area contributed by atoms with Gasteiger partial charge in [0.2, 0.25) is 0 Å². The van der Waals surface area contributed by atoms with E-state index < -0.39 is 15.9 Å². The number of nitrogens with zero attached hydrogens (tertiary/aromatic N) is 2. The Balaban J connectivity index is 1.75. The summed E-state index contributed by atoms with van der Waals surface area (Å²) in [5.41, 5.74) is 2.00. The number of aromatic nitrogens is 1. The van der Waals surface area contributed by atoms with Crippen molar-refractivity contribution < 1.29 is 17.9 Å². The molecule has 0 radical (unpaired) electrons. The van der Waals surface area contributed by atoms with Crippen molar-refractivity contribution in [1.82, 2.24) is 9.47 Å². The molecule has 0 spiro atoms. The topological polar surface area (TPSA) is 68.6 Å². The van der Waals surface area contributed by atoms with Gasteiger partial charge in [-0.05, 0) is 35.9 Å². The molecular weight excluding hydrogens is 412 g/mol. The van der Waals surface area contributed by atoms with E-state index in [1.54, 1.807) is 26.3 Å². The number of benzene rings is 2. The van der Waals surface area contributed by atoms with Crippen LogP contribution in [0.4, 0.5) is 0 Å². The number of halogens is 1. The molecule has 1 aromatic heterocycles. The van der Waals surface area contributed by atoms with E-state index in [-0.39, 0.29) is 16.6 Å². The smallest absolute Gasteiger partial charge is 0.270 e. The van der Waals surface area contributed by atoms with Gasteiger partial charge in [-0.15, -0.1) is 0 Å². The zero-order chi connectivity index (χ0) is 20.8. The SMILES string of the molecule is COCCn1c(C(=O)N(C)[C@H]2CS(=O)(=O)c3ccc(Cl)cc32)cc2ccccc21. The monoisotopic (exact) mass is 432 g/mol. The lowest BCUT2D eigenvalue weighted by Gasteiger charge is -2.25. The molecule has 1 atom stereocenters. The lowest BCUT2D eigenvalue weighted by molar-refractivity contribution is 0.0733. The molecule has 0 saturated heterocycles. The second-order valence-corrected chi connectivity index (χ2v) is 9.57. The lowest BCUT2D eigenvalue weighted by atomic mass is 10.1. The average molecular weight is 433 g/mol. The minimum absolute atomic E-state index is 0.150. The molecule has 6 nitrogen and oxygen atoms in total. The minimum Gasteiger partial charge on any atom is -0.383 e. The Bertz CT molecular complexity index is 1200. The molecule has 152 valence electrons. The van der Waals surface area contributed by atoms with Gasteiger partial charge >= 0.3 is 0 Å². The summed E-state index contributed by atoms with van der Waals surface area (Å²) in [5.74, 6) is -0.395. The third-order valence-corrected chi connectivity index (χ3v) is 7.41. The third kappa shape index (κ3) is 3.43. The maximum absolute atomic E-state index is 13.4. The maximum atomic E-state index is 13.4. The van der Waals surface area contributed by atoms with Crippen molar-refractivity contribution in [1.29, 1.82) is 0 Å². The van der Waals surface area contributed by atoms with Gasteiger partial charge in [0.05, 0.1) is 23.3 Å². The number of carbonyl (C=O) groups excluding carboxylic acids is 1. The molecule has 1 aliphatic rings. The van der Waals surface area contributed by atoms with Crippen LogP contribution in [0.25, 0.3) is 10.9 Å². The fourth-order valence-corrected chi connectivity index (χ4v) is 5.91. The Labute approximate surface area is 174 Å². The standard InChI is InChI=1S/C21H21ClN2O4S/c1-23(19-13-29(26,27)20-8-7-15(22)12-16(19)20)21(25)18-11-14-5-3-4-6-17(14)24(18)9-10-28-2/h3-8,11-12,19H,9-10,13H2,1-2H3/t19-/m0/s1. The molecule has 3 aromatic rings. The highest BCUT2D eigenvalue weighted by Crippen LogP contribution is 2.38. The number of carbonyl (C=O) groups is 1. The zero-order valence-corrected chi connectivity index (χ0v) is 17.7. The summed E-state index contributed by atoms with van der Waals surface area (Å²) >= 11 is 6.10. The Morgan fingerprint density at radius 2 is 2.00 bits per heavy atom. The number of para-hydroxylation sites is 1. The summed E-state index contributed by atoms with van der Waals surface area (Å²) in [6.07, 6.45) is 0. The molecule has 0 bridgehead atoms. The van der Waals surface area contributed by atoms with Crippen LogP contribution in [0.15, 0.2) is 53.4 Å². The summed E-state index contributed by atoms with van der Waals surface area (Å²) in [5, 5.41) is 1.39. The number of hydrogen-bond donors (Lipinski definition) is 0. The molecule has 0 saturated carbocycles. The first kappa shape index (κ1) is 19.9. The van der Waals surface area contributed by atoms with Crippen LogP contribution in [0, 0.1) is 0 Å². The number of methoxy groups -OCH3 is 1. The van der Waals surface area contributed by atoms with Crippen LogP contribution in [0.2, 0.25) is 5.02 Å². The Morgan fingerprint density at radius 3 is 2.76 bits per heavy atom. The van der Waals surface area contributed by atoms with Crippen LogP contribution in [-0.2, 0) is 21.1 Å². The molecule has 0 aliphatic carbocycles. The number of amides is 1. The van der Waals surface area contributed by atoms with Gasteiger partial charge in [0.1, 0.15) is 5.69 Å². The first-order valence-corrected chi connectivity index (χ1v) is 11.2. The van der Waals surface area contributed by atoms with Crippen molar-refractivity contribution in [3.05, 3.63) is 64.8 Å². The van der Waals surface area contributed by atoms with Gasteiger partial charge in [-0.3, -0.25) is 4.79 Å². The summed E-state index contributed by atoms with van der Waals surface area (Å²) in [6, 6.07) is 13.7. The van der Waals surface area contributed by atoms with E-state index in [1.165, 1.54) is 11.0 Å². The largest absolute Gasteiger partial charge is 0.383 e. The van der Waals surface area contributed by atoms with Crippen molar-refractivity contribution in [2.45, 2.75) is 17.5 Å². The van der Waals surface area contributed by atoms with Gasteiger partial charge in [0.15, 0.2) is 9.84 Å². The van der Waals surface area contributed by atoms with E-state index in [2.05, 4.69) is 0 Å². The summed E-state index contributed by atoms with van der Waals surface area (Å²) in [4.78, 5) is 15.2. The van der Waals surface area contributed by atoms with Gasteiger partial charge < -0.3 is 14.2 Å². The summed E-state index contributed by atoms with van der Waals surface area (Å²) < 4.78 is 32.3.